The summed E-state index contributed by atoms with van der Waals surface area (Å²) in [6.07, 6.45) is 3.84. The largest absolute Gasteiger partial charge is 0.506 e. The summed E-state index contributed by atoms with van der Waals surface area (Å²) in [5.74, 6) is -0.637. The minimum Gasteiger partial charge on any atom is -0.506 e. The molecule has 0 fully saturated rings. The second-order valence-electron chi connectivity index (χ2n) is 5.02. The van der Waals surface area contributed by atoms with Crippen molar-refractivity contribution in [1.82, 2.24) is 0 Å². The fraction of sp³-hybridized carbons (Fsp3) is 0.111. The third-order valence-electron chi connectivity index (χ3n) is 3.47. The summed E-state index contributed by atoms with van der Waals surface area (Å²) in [5, 5.41) is 20.5. The van der Waals surface area contributed by atoms with Crippen molar-refractivity contribution in [2.45, 2.75) is 22.6 Å². The fourth-order valence-corrected chi connectivity index (χ4v) is 3.85. The molecule has 2 rings (SSSR count). The normalized spacial score (nSPS) is 11.1. The van der Waals surface area contributed by atoms with Gasteiger partial charge >= 0.3 is 0 Å². The molecule has 0 unspecified atom stereocenters. The Morgan fingerprint density at radius 3 is 1.57 bits per heavy atom. The topological polar surface area (TPSA) is 74.6 Å². The maximum atomic E-state index is 12.8. The Hall–Kier alpha value is -2.53. The van der Waals surface area contributed by atoms with E-state index in [4.69, 9.17) is 0 Å². The molecule has 2 aromatic carbocycles. The van der Waals surface area contributed by atoms with Gasteiger partial charge in [-0.25, -0.2) is 8.42 Å². The quantitative estimate of drug-likeness (QED) is 0.796. The maximum Gasteiger partial charge on any atom is 0.213 e. The molecule has 0 spiro atoms. The summed E-state index contributed by atoms with van der Waals surface area (Å²) in [6, 6.07) is 8.99. The smallest absolute Gasteiger partial charge is 0.213 e. The highest BCUT2D eigenvalue weighted by atomic mass is 32.2. The van der Waals surface area contributed by atoms with E-state index in [0.29, 0.717) is 24.0 Å². The Bertz CT molecular complexity index is 786. The molecular weight excluding hydrogens is 312 g/mol. The third kappa shape index (κ3) is 3.14. The Kier molecular flexibility index (Phi) is 4.91. The summed E-state index contributed by atoms with van der Waals surface area (Å²) < 4.78 is 25.6. The van der Waals surface area contributed by atoms with Crippen molar-refractivity contribution < 1.29 is 18.6 Å². The lowest BCUT2D eigenvalue weighted by Gasteiger charge is -2.12. The number of hydrogen-bond acceptors (Lipinski definition) is 4. The van der Waals surface area contributed by atoms with Gasteiger partial charge in [0.2, 0.25) is 9.84 Å². The third-order valence-corrected chi connectivity index (χ3v) is 5.29. The van der Waals surface area contributed by atoms with Gasteiger partial charge in [0.05, 0.1) is 0 Å². The van der Waals surface area contributed by atoms with Crippen molar-refractivity contribution in [2.75, 3.05) is 0 Å². The van der Waals surface area contributed by atoms with E-state index in [2.05, 4.69) is 13.2 Å². The molecular formula is C18H18O4S. The van der Waals surface area contributed by atoms with Gasteiger partial charge in [-0.1, -0.05) is 36.4 Å². The van der Waals surface area contributed by atoms with Crippen molar-refractivity contribution in [1.29, 1.82) is 0 Å². The Morgan fingerprint density at radius 1 is 0.826 bits per heavy atom. The second kappa shape index (κ2) is 6.71. The SMILES string of the molecule is C=CCc1cccc(S(=O)(=O)c2cccc(CC=C)c2O)c1O. The van der Waals surface area contributed by atoms with Gasteiger partial charge < -0.3 is 10.2 Å². The van der Waals surface area contributed by atoms with E-state index >= 15 is 0 Å². The van der Waals surface area contributed by atoms with Gasteiger partial charge in [-0.15, -0.1) is 13.2 Å². The summed E-state index contributed by atoms with van der Waals surface area (Å²) in [4.78, 5) is -0.467. The fourth-order valence-electron chi connectivity index (χ4n) is 2.33. The standard InChI is InChI=1S/C18H18O4S/c1-3-7-13-9-5-11-15(17(13)19)23(21,22)16-12-6-10-14(8-4-2)18(16)20/h3-6,9-12,19-20H,1-2,7-8H2. The van der Waals surface area contributed by atoms with Gasteiger partial charge in [0.1, 0.15) is 21.3 Å². The van der Waals surface area contributed by atoms with Crippen LogP contribution in [0.15, 0.2) is 71.5 Å². The van der Waals surface area contributed by atoms with Gasteiger partial charge in [-0.3, -0.25) is 0 Å². The molecule has 0 aliphatic rings. The van der Waals surface area contributed by atoms with Crippen LogP contribution in [-0.4, -0.2) is 18.6 Å². The minimum absolute atomic E-state index is 0.233. The molecule has 0 aliphatic carbocycles. The molecule has 5 heteroatoms. The number of hydrogen-bond donors (Lipinski definition) is 2. The molecule has 2 aromatic rings. The highest BCUT2D eigenvalue weighted by Gasteiger charge is 2.26. The lowest BCUT2D eigenvalue weighted by molar-refractivity contribution is 0.447. The van der Waals surface area contributed by atoms with Gasteiger partial charge in [0.15, 0.2) is 0 Å². The van der Waals surface area contributed by atoms with E-state index in [9.17, 15) is 18.6 Å². The summed E-state index contributed by atoms with van der Waals surface area (Å²) >= 11 is 0. The number of phenolic OH excluding ortho intramolecular Hbond substituents is 2. The van der Waals surface area contributed by atoms with Crippen LogP contribution in [0.2, 0.25) is 0 Å². The molecule has 120 valence electrons. The van der Waals surface area contributed by atoms with Crippen LogP contribution in [0.3, 0.4) is 0 Å². The van der Waals surface area contributed by atoms with Crippen molar-refractivity contribution in [3.05, 3.63) is 72.8 Å². The number of rotatable bonds is 6. The summed E-state index contributed by atoms with van der Waals surface area (Å²) in [5.41, 5.74) is 0.922. The predicted molar refractivity (Wildman–Crippen MR) is 89.5 cm³/mol. The molecule has 0 heterocycles. The van der Waals surface area contributed by atoms with Crippen LogP contribution in [0, 0.1) is 0 Å². The summed E-state index contributed by atoms with van der Waals surface area (Å²) in [7, 11) is -4.05. The molecule has 0 saturated heterocycles. The lowest BCUT2D eigenvalue weighted by atomic mass is 10.1. The van der Waals surface area contributed by atoms with E-state index in [-0.39, 0.29) is 21.3 Å². The number of para-hydroxylation sites is 2. The lowest BCUT2D eigenvalue weighted by Crippen LogP contribution is -2.05. The molecule has 0 aromatic heterocycles. The van der Waals surface area contributed by atoms with Gasteiger partial charge in [0.25, 0.3) is 0 Å². The molecule has 0 radical (unpaired) electrons. The second-order valence-corrected chi connectivity index (χ2v) is 6.90. The van der Waals surface area contributed by atoms with Crippen molar-refractivity contribution in [3.8, 4) is 11.5 Å². The zero-order chi connectivity index (χ0) is 17.0. The molecule has 0 amide bonds. The van der Waals surface area contributed by atoms with Crippen LogP contribution in [0.4, 0.5) is 0 Å². The predicted octanol–water partition coefficient (Wildman–Crippen LogP) is 3.39. The summed E-state index contributed by atoms with van der Waals surface area (Å²) in [6.45, 7) is 7.17. The van der Waals surface area contributed by atoms with E-state index in [0.717, 1.165) is 0 Å². The molecule has 4 nitrogen and oxygen atoms in total. The molecule has 0 saturated carbocycles. The van der Waals surface area contributed by atoms with E-state index in [1.54, 1.807) is 36.4 Å². The molecule has 0 atom stereocenters. The first-order valence-corrected chi connectivity index (χ1v) is 8.50. The first kappa shape index (κ1) is 16.8. The maximum absolute atomic E-state index is 12.8. The Labute approximate surface area is 136 Å². The van der Waals surface area contributed by atoms with E-state index in [1.165, 1.54) is 12.1 Å². The first-order valence-electron chi connectivity index (χ1n) is 7.02. The van der Waals surface area contributed by atoms with Crippen molar-refractivity contribution in [3.63, 3.8) is 0 Å². The number of allylic oxidation sites excluding steroid dienone is 2. The zero-order valence-corrected chi connectivity index (χ0v) is 13.4. The van der Waals surface area contributed by atoms with E-state index < -0.39 is 9.84 Å². The highest BCUT2D eigenvalue weighted by molar-refractivity contribution is 7.91. The highest BCUT2D eigenvalue weighted by Crippen LogP contribution is 2.36. The monoisotopic (exact) mass is 330 g/mol. The minimum atomic E-state index is -4.05. The molecule has 0 aliphatic heterocycles. The van der Waals surface area contributed by atoms with Gasteiger partial charge in [-0.2, -0.15) is 0 Å². The van der Waals surface area contributed by atoms with Crippen LogP contribution in [0.25, 0.3) is 0 Å². The number of benzene rings is 2. The van der Waals surface area contributed by atoms with Crippen LogP contribution >= 0.6 is 0 Å². The number of phenols is 2. The van der Waals surface area contributed by atoms with Crippen LogP contribution in [0.1, 0.15) is 11.1 Å². The number of aromatic hydroxyl groups is 2. The molecule has 0 bridgehead atoms. The van der Waals surface area contributed by atoms with E-state index in [1.807, 2.05) is 0 Å². The molecule has 2 N–H and O–H groups in total. The zero-order valence-electron chi connectivity index (χ0n) is 12.6. The van der Waals surface area contributed by atoms with Crippen LogP contribution in [0.5, 0.6) is 11.5 Å². The average Bonchev–Trinajstić information content (AvgIpc) is 2.51. The average molecular weight is 330 g/mol. The van der Waals surface area contributed by atoms with Crippen LogP contribution < -0.4 is 0 Å². The van der Waals surface area contributed by atoms with Gasteiger partial charge in [0, 0.05) is 0 Å². The van der Waals surface area contributed by atoms with Crippen molar-refractivity contribution in [2.24, 2.45) is 0 Å². The first-order chi connectivity index (χ1) is 10.9. The molecule has 23 heavy (non-hydrogen) atoms. The van der Waals surface area contributed by atoms with Crippen LogP contribution in [-0.2, 0) is 22.7 Å². The van der Waals surface area contributed by atoms with Crippen molar-refractivity contribution >= 4 is 9.84 Å². The Balaban J connectivity index is 2.64. The number of sulfone groups is 1. The Morgan fingerprint density at radius 2 is 1.22 bits per heavy atom. The van der Waals surface area contributed by atoms with Gasteiger partial charge in [-0.05, 0) is 36.1 Å².